The molecule has 0 fully saturated rings. The van der Waals surface area contributed by atoms with E-state index in [9.17, 15) is 15.0 Å². The Balaban J connectivity index is 1.87. The highest BCUT2D eigenvalue weighted by Crippen LogP contribution is 2.24. The van der Waals surface area contributed by atoms with Crippen LogP contribution in [0.3, 0.4) is 0 Å². The van der Waals surface area contributed by atoms with Gasteiger partial charge >= 0.3 is 5.97 Å². The Morgan fingerprint density at radius 2 is 0.944 bits per heavy atom. The molecule has 1 atom stereocenters. The molecule has 1 rings (SSSR count). The molecule has 0 aliphatic rings. The third-order valence-electron chi connectivity index (χ3n) is 7.74. The van der Waals surface area contributed by atoms with Crippen molar-refractivity contribution in [3.05, 3.63) is 35.9 Å². The summed E-state index contributed by atoms with van der Waals surface area (Å²) in [5.74, 6) is -1.03. The summed E-state index contributed by atoms with van der Waals surface area (Å²) in [6.45, 7) is 2.21. The minimum absolute atomic E-state index is 0.407. The van der Waals surface area contributed by atoms with Crippen LogP contribution in [0.15, 0.2) is 30.3 Å². The fraction of sp³-hybridized carbons (Fsp3) is 0.788. The van der Waals surface area contributed by atoms with E-state index in [1.54, 1.807) is 0 Å². The molecular weight excluding hydrogens is 444 g/mol. The van der Waals surface area contributed by atoms with Gasteiger partial charge in [-0.3, -0.25) is 0 Å². The number of hydrogen-bond donors (Lipinski definition) is 2. The largest absolute Gasteiger partial charge is 0.479 e. The second kappa shape index (κ2) is 22.8. The van der Waals surface area contributed by atoms with E-state index in [0.717, 1.165) is 38.5 Å². The highest BCUT2D eigenvalue weighted by molar-refractivity contribution is 5.76. The van der Waals surface area contributed by atoms with Crippen molar-refractivity contribution in [1.29, 1.82) is 0 Å². The number of carbonyl (C=O) groups is 1. The van der Waals surface area contributed by atoms with Gasteiger partial charge in [0.25, 0.3) is 0 Å². The van der Waals surface area contributed by atoms with Crippen molar-refractivity contribution in [3.63, 3.8) is 0 Å². The normalized spacial score (nSPS) is 13.1. The van der Waals surface area contributed by atoms with Crippen molar-refractivity contribution >= 4 is 5.97 Å². The molecule has 0 heterocycles. The Kier molecular flexibility index (Phi) is 20.7. The Hall–Kier alpha value is -1.35. The first kappa shape index (κ1) is 32.7. The average Bonchev–Trinajstić information content (AvgIpc) is 2.88. The maximum atomic E-state index is 11.6. The molecule has 0 spiro atoms. The van der Waals surface area contributed by atoms with Gasteiger partial charge in [-0.2, -0.15) is 0 Å². The van der Waals surface area contributed by atoms with E-state index in [0.29, 0.717) is 12.8 Å². The molecule has 2 N–H and O–H groups in total. The lowest BCUT2D eigenvalue weighted by molar-refractivity contribution is -0.160. The molecule has 208 valence electrons. The zero-order valence-electron chi connectivity index (χ0n) is 23.7. The number of aryl methyl sites for hydroxylation is 1. The van der Waals surface area contributed by atoms with Crippen molar-refractivity contribution in [2.75, 3.05) is 0 Å². The number of benzene rings is 1. The Labute approximate surface area is 223 Å². The smallest absolute Gasteiger partial charge is 0.335 e. The van der Waals surface area contributed by atoms with Gasteiger partial charge in [0.05, 0.1) is 0 Å². The van der Waals surface area contributed by atoms with Gasteiger partial charge in [-0.05, 0) is 44.1 Å². The molecule has 0 saturated carbocycles. The molecule has 3 heteroatoms. The zero-order chi connectivity index (χ0) is 26.2. The van der Waals surface area contributed by atoms with Crippen molar-refractivity contribution < 1.29 is 15.0 Å². The summed E-state index contributed by atoms with van der Waals surface area (Å²) in [6.07, 6.45) is 27.9. The molecule has 36 heavy (non-hydrogen) atoms. The first-order valence-electron chi connectivity index (χ1n) is 15.6. The number of aliphatic carboxylic acids is 1. The van der Waals surface area contributed by atoms with Crippen molar-refractivity contribution in [2.45, 2.75) is 167 Å². The van der Waals surface area contributed by atoms with Crippen molar-refractivity contribution in [2.24, 2.45) is 0 Å². The number of carboxylic acid groups (broad SMARTS) is 1. The van der Waals surface area contributed by atoms with E-state index in [2.05, 4.69) is 37.3 Å². The molecule has 1 aromatic rings. The monoisotopic (exact) mass is 502 g/mol. The zero-order valence-corrected chi connectivity index (χ0v) is 23.7. The minimum Gasteiger partial charge on any atom is -0.479 e. The van der Waals surface area contributed by atoms with Crippen LogP contribution < -0.4 is 0 Å². The number of carboxylic acids is 1. The van der Waals surface area contributed by atoms with Gasteiger partial charge in [0.15, 0.2) is 5.60 Å². The van der Waals surface area contributed by atoms with Crippen molar-refractivity contribution in [1.82, 2.24) is 0 Å². The molecule has 0 aromatic heterocycles. The molecule has 0 radical (unpaired) electrons. The highest BCUT2D eigenvalue weighted by Gasteiger charge is 2.34. The van der Waals surface area contributed by atoms with Crippen LogP contribution in [0, 0.1) is 0 Å². The van der Waals surface area contributed by atoms with E-state index in [-0.39, 0.29) is 0 Å². The molecule has 3 nitrogen and oxygen atoms in total. The van der Waals surface area contributed by atoms with E-state index in [1.165, 1.54) is 108 Å². The third-order valence-corrected chi connectivity index (χ3v) is 7.74. The fourth-order valence-electron chi connectivity index (χ4n) is 5.23. The van der Waals surface area contributed by atoms with Crippen LogP contribution in [-0.2, 0) is 11.2 Å². The summed E-state index contributed by atoms with van der Waals surface area (Å²) < 4.78 is 0. The lowest BCUT2D eigenvalue weighted by Gasteiger charge is -2.23. The molecule has 1 unspecified atom stereocenters. The van der Waals surface area contributed by atoms with E-state index in [1.807, 2.05) is 0 Å². The van der Waals surface area contributed by atoms with Crippen LogP contribution >= 0.6 is 0 Å². The fourth-order valence-corrected chi connectivity index (χ4v) is 5.23. The summed E-state index contributed by atoms with van der Waals surface area (Å²) >= 11 is 0. The first-order valence-corrected chi connectivity index (χ1v) is 15.6. The Morgan fingerprint density at radius 1 is 0.583 bits per heavy atom. The van der Waals surface area contributed by atoms with Crippen LogP contribution in [0.4, 0.5) is 0 Å². The maximum absolute atomic E-state index is 11.6. The predicted octanol–water partition coefficient (Wildman–Crippen LogP) is 10.0. The first-order chi connectivity index (χ1) is 17.6. The van der Waals surface area contributed by atoms with Crippen LogP contribution in [0.25, 0.3) is 0 Å². The van der Waals surface area contributed by atoms with Gasteiger partial charge in [-0.15, -0.1) is 0 Å². The van der Waals surface area contributed by atoms with Gasteiger partial charge in [0.1, 0.15) is 0 Å². The van der Waals surface area contributed by atoms with Gasteiger partial charge in [-0.1, -0.05) is 153 Å². The van der Waals surface area contributed by atoms with E-state index < -0.39 is 11.6 Å². The second-order valence-corrected chi connectivity index (χ2v) is 11.1. The second-order valence-electron chi connectivity index (χ2n) is 11.1. The van der Waals surface area contributed by atoms with Crippen molar-refractivity contribution in [3.8, 4) is 0 Å². The molecule has 0 saturated heterocycles. The number of aliphatic hydroxyl groups is 1. The number of rotatable bonds is 26. The molecule has 0 bridgehead atoms. The highest BCUT2D eigenvalue weighted by atomic mass is 16.4. The molecule has 0 aliphatic carbocycles. The van der Waals surface area contributed by atoms with E-state index in [4.69, 9.17) is 0 Å². The van der Waals surface area contributed by atoms with Crippen LogP contribution in [0.2, 0.25) is 0 Å². The van der Waals surface area contributed by atoms with Crippen LogP contribution in [-0.4, -0.2) is 21.8 Å². The minimum atomic E-state index is -1.51. The number of hydrogen-bond acceptors (Lipinski definition) is 2. The summed E-state index contributed by atoms with van der Waals surface area (Å²) in [6, 6.07) is 10.8. The molecular formula is C33H58O3. The van der Waals surface area contributed by atoms with E-state index >= 15 is 0 Å². The Bertz CT molecular complexity index is 615. The lowest BCUT2D eigenvalue weighted by atomic mass is 9.89. The molecule has 0 amide bonds. The van der Waals surface area contributed by atoms with Gasteiger partial charge < -0.3 is 10.2 Å². The topological polar surface area (TPSA) is 57.5 Å². The quantitative estimate of drug-likeness (QED) is 0.124. The van der Waals surface area contributed by atoms with Gasteiger partial charge in [-0.25, -0.2) is 4.79 Å². The average molecular weight is 503 g/mol. The predicted molar refractivity (Wildman–Crippen MR) is 155 cm³/mol. The lowest BCUT2D eigenvalue weighted by Crippen LogP contribution is -2.38. The summed E-state index contributed by atoms with van der Waals surface area (Å²) in [7, 11) is 0. The van der Waals surface area contributed by atoms with Gasteiger partial charge in [0, 0.05) is 0 Å². The third kappa shape index (κ3) is 18.0. The van der Waals surface area contributed by atoms with Gasteiger partial charge in [0.2, 0.25) is 0 Å². The van der Waals surface area contributed by atoms with Crippen LogP contribution in [0.5, 0.6) is 0 Å². The molecule has 1 aromatic carbocycles. The summed E-state index contributed by atoms with van der Waals surface area (Å²) in [5, 5.41) is 20.1. The summed E-state index contributed by atoms with van der Waals surface area (Å²) in [5.41, 5.74) is -0.0382. The SMILES string of the molecule is CCCCCCCCCC(O)(CCCCCCCCCCCCCCCCc1ccccc1)C(=O)O. The molecule has 0 aliphatic heterocycles. The summed E-state index contributed by atoms with van der Waals surface area (Å²) in [4.78, 5) is 11.6. The Morgan fingerprint density at radius 3 is 1.33 bits per heavy atom. The maximum Gasteiger partial charge on any atom is 0.335 e. The standard InChI is InChI=1S/C33H58O3/c1-2-3-4-5-15-18-24-29-33(36,32(34)35)30-25-19-16-13-11-9-7-6-8-10-12-14-17-21-26-31-27-22-20-23-28-31/h20,22-23,27-28,36H,2-19,21,24-26,29-30H2,1H3,(H,34,35). The number of unbranched alkanes of at least 4 members (excludes halogenated alkanes) is 19. The van der Waals surface area contributed by atoms with Crippen LogP contribution in [0.1, 0.15) is 160 Å².